The van der Waals surface area contributed by atoms with Crippen LogP contribution < -0.4 is 16.2 Å². The SMILES string of the molecule is Cn1cc(-c2ccc3nc(N4CCC(CN5CCC(C)(OC(N)=O)CC5)CC4)nc(C(COC4CCCCO4)(OC4CC4)c4ccccc4)c3c2)c2ccoc2c1=O. The van der Waals surface area contributed by atoms with Crippen LogP contribution in [0.5, 0.6) is 0 Å². The first-order valence-corrected chi connectivity index (χ1v) is 21.0. The molecular formula is C45H54N6O7. The van der Waals surface area contributed by atoms with E-state index in [2.05, 4.69) is 40.1 Å². The molecule has 0 bridgehead atoms. The summed E-state index contributed by atoms with van der Waals surface area (Å²) in [6.07, 6.45) is 10.9. The van der Waals surface area contributed by atoms with Gasteiger partial charge < -0.3 is 43.5 Å². The summed E-state index contributed by atoms with van der Waals surface area (Å²) in [5.41, 5.74) is 8.26. The number of fused-ring (bicyclic) bond motifs is 2. The van der Waals surface area contributed by atoms with Gasteiger partial charge in [0.05, 0.1) is 30.2 Å². The number of nitrogens with two attached hydrogens (primary N) is 1. The number of ether oxygens (including phenoxy) is 4. The molecule has 0 radical (unpaired) electrons. The largest absolute Gasteiger partial charge is 0.458 e. The lowest BCUT2D eigenvalue weighted by Gasteiger charge is -2.41. The van der Waals surface area contributed by atoms with Crippen molar-refractivity contribution in [2.75, 3.05) is 50.8 Å². The van der Waals surface area contributed by atoms with Crippen LogP contribution in [0.2, 0.25) is 0 Å². The summed E-state index contributed by atoms with van der Waals surface area (Å²) < 4.78 is 32.8. The Balaban J connectivity index is 1.09. The van der Waals surface area contributed by atoms with Gasteiger partial charge in [0, 0.05) is 68.9 Å². The Morgan fingerprint density at radius 2 is 1.76 bits per heavy atom. The van der Waals surface area contributed by atoms with Gasteiger partial charge in [0.25, 0.3) is 5.56 Å². The minimum absolute atomic E-state index is 0.0627. The second-order valence-corrected chi connectivity index (χ2v) is 16.9. The van der Waals surface area contributed by atoms with E-state index < -0.39 is 17.3 Å². The monoisotopic (exact) mass is 790 g/mol. The first-order chi connectivity index (χ1) is 28.2. The van der Waals surface area contributed by atoms with Gasteiger partial charge in [-0.2, -0.15) is 0 Å². The molecule has 3 aliphatic heterocycles. The molecular weight excluding hydrogens is 737 g/mol. The molecule has 9 rings (SSSR count). The number of benzene rings is 2. The van der Waals surface area contributed by atoms with Crippen LogP contribution in [0, 0.1) is 5.92 Å². The minimum atomic E-state index is -1.06. The van der Waals surface area contributed by atoms with E-state index >= 15 is 0 Å². The second-order valence-electron chi connectivity index (χ2n) is 16.9. The highest BCUT2D eigenvalue weighted by molar-refractivity contribution is 5.96. The lowest BCUT2D eigenvalue weighted by atomic mass is 9.87. The Bertz CT molecular complexity index is 2300. The van der Waals surface area contributed by atoms with Gasteiger partial charge >= 0.3 is 6.09 Å². The van der Waals surface area contributed by atoms with Crippen molar-refractivity contribution in [3.63, 3.8) is 0 Å². The highest BCUT2D eigenvalue weighted by Gasteiger charge is 2.45. The highest BCUT2D eigenvalue weighted by atomic mass is 16.7. The lowest BCUT2D eigenvalue weighted by Crippen LogP contribution is -2.48. The molecule has 2 N–H and O–H groups in total. The van der Waals surface area contributed by atoms with E-state index in [0.29, 0.717) is 24.1 Å². The zero-order valence-electron chi connectivity index (χ0n) is 33.6. The van der Waals surface area contributed by atoms with Crippen LogP contribution in [-0.2, 0) is 31.6 Å². The molecule has 13 nitrogen and oxygen atoms in total. The number of hydrogen-bond donors (Lipinski definition) is 1. The van der Waals surface area contributed by atoms with Crippen LogP contribution in [0.25, 0.3) is 33.0 Å². The number of nitrogens with zero attached hydrogens (tertiary/aromatic N) is 5. The fourth-order valence-electron chi connectivity index (χ4n) is 9.04. The summed E-state index contributed by atoms with van der Waals surface area (Å²) in [7, 11) is 1.75. The molecule has 3 aromatic heterocycles. The summed E-state index contributed by atoms with van der Waals surface area (Å²) in [6, 6.07) is 18.5. The standard InChI is InChI=1S/C45H54N6O7/c1-44(58-42(46)53)18-22-50(23-19-44)27-30-15-20-51(21-16-30)43-47-37-14-11-31(36-28-49(2)41(52)39-34(36)17-25-55-39)26-35(37)40(48-43)45(57-33-12-13-33,32-8-4-3-5-9-32)29-56-38-10-6-7-24-54-38/h3-5,8-9,11,14,17,25-26,28,30,33,38H,6-7,10,12-13,15-16,18-24,27,29H2,1-2H3,(H2,46,53). The van der Waals surface area contributed by atoms with Gasteiger partial charge in [-0.1, -0.05) is 36.4 Å². The number of amides is 1. The summed E-state index contributed by atoms with van der Waals surface area (Å²) in [6.45, 7) is 7.30. The predicted molar refractivity (Wildman–Crippen MR) is 221 cm³/mol. The average molecular weight is 791 g/mol. The van der Waals surface area contributed by atoms with Gasteiger partial charge in [0.2, 0.25) is 5.95 Å². The Morgan fingerprint density at radius 1 is 0.966 bits per heavy atom. The number of primary amides is 1. The first-order valence-electron chi connectivity index (χ1n) is 21.0. The van der Waals surface area contributed by atoms with E-state index in [4.69, 9.17) is 39.1 Å². The quantitative estimate of drug-likeness (QED) is 0.141. The maximum absolute atomic E-state index is 13.0. The van der Waals surface area contributed by atoms with Gasteiger partial charge in [0.1, 0.15) is 5.60 Å². The molecule has 2 unspecified atom stereocenters. The predicted octanol–water partition coefficient (Wildman–Crippen LogP) is 6.87. The summed E-state index contributed by atoms with van der Waals surface area (Å²) >= 11 is 0. The number of likely N-dealkylation sites (tertiary alicyclic amines) is 1. The molecule has 1 saturated carbocycles. The van der Waals surface area contributed by atoms with E-state index in [1.807, 2.05) is 37.4 Å². The van der Waals surface area contributed by atoms with E-state index in [-0.39, 0.29) is 24.6 Å². The molecule has 1 aliphatic carbocycles. The molecule has 13 heteroatoms. The van der Waals surface area contributed by atoms with Crippen molar-refractivity contribution in [1.82, 2.24) is 19.4 Å². The van der Waals surface area contributed by atoms with Crippen LogP contribution in [-0.4, -0.2) is 89.5 Å². The molecule has 58 heavy (non-hydrogen) atoms. The summed E-state index contributed by atoms with van der Waals surface area (Å²) in [5, 5.41) is 1.61. The molecule has 4 aliphatic rings. The maximum atomic E-state index is 13.0. The number of aryl methyl sites for hydroxylation is 1. The number of carbonyl (C=O) groups is 1. The number of aromatic nitrogens is 3. The van der Waals surface area contributed by atoms with Crippen LogP contribution >= 0.6 is 0 Å². The van der Waals surface area contributed by atoms with Crippen LogP contribution in [0.3, 0.4) is 0 Å². The van der Waals surface area contributed by atoms with E-state index in [0.717, 1.165) is 129 Å². The summed E-state index contributed by atoms with van der Waals surface area (Å²) in [4.78, 5) is 40.1. The molecule has 4 fully saturated rings. The number of anilines is 1. The van der Waals surface area contributed by atoms with Gasteiger partial charge in [-0.15, -0.1) is 0 Å². The Labute approximate surface area is 338 Å². The maximum Gasteiger partial charge on any atom is 0.405 e. The number of hydrogen-bond acceptors (Lipinski definition) is 11. The van der Waals surface area contributed by atoms with Crippen LogP contribution in [0.4, 0.5) is 10.7 Å². The molecule has 5 aromatic rings. The second kappa shape index (κ2) is 16.1. The fraction of sp³-hybridized carbons (Fsp3) is 0.511. The zero-order valence-corrected chi connectivity index (χ0v) is 33.6. The fourth-order valence-corrected chi connectivity index (χ4v) is 9.04. The molecule has 3 saturated heterocycles. The molecule has 0 spiro atoms. The smallest absolute Gasteiger partial charge is 0.405 e. The van der Waals surface area contributed by atoms with Crippen molar-refractivity contribution >= 4 is 33.9 Å². The van der Waals surface area contributed by atoms with E-state index in [1.54, 1.807) is 17.9 Å². The van der Waals surface area contributed by atoms with Gasteiger partial charge in [-0.25, -0.2) is 14.8 Å². The number of furan rings is 1. The van der Waals surface area contributed by atoms with Crippen molar-refractivity contribution in [2.24, 2.45) is 18.7 Å². The average Bonchev–Trinajstić information content (AvgIpc) is 3.92. The Kier molecular flexibility index (Phi) is 10.7. The topological polar surface area (TPSA) is 147 Å². The highest BCUT2D eigenvalue weighted by Crippen LogP contribution is 2.44. The Morgan fingerprint density at radius 3 is 2.48 bits per heavy atom. The number of piperidine rings is 2. The third-order valence-electron chi connectivity index (χ3n) is 12.6. The lowest BCUT2D eigenvalue weighted by molar-refractivity contribution is -0.197. The Hall–Kier alpha value is -4.82. The molecule has 2 aromatic carbocycles. The van der Waals surface area contributed by atoms with Crippen molar-refractivity contribution in [3.05, 3.63) is 88.7 Å². The van der Waals surface area contributed by atoms with Crippen LogP contribution in [0.1, 0.15) is 76.0 Å². The number of carbonyl (C=O) groups excluding carboxylic acids is 1. The summed E-state index contributed by atoms with van der Waals surface area (Å²) in [5.74, 6) is 1.21. The minimum Gasteiger partial charge on any atom is -0.458 e. The molecule has 1 amide bonds. The van der Waals surface area contributed by atoms with Crippen molar-refractivity contribution in [3.8, 4) is 11.1 Å². The van der Waals surface area contributed by atoms with Gasteiger partial charge in [0.15, 0.2) is 17.5 Å². The van der Waals surface area contributed by atoms with Gasteiger partial charge in [-0.3, -0.25) is 4.79 Å². The van der Waals surface area contributed by atoms with Crippen molar-refractivity contribution < 1.29 is 28.2 Å². The normalized spacial score (nSPS) is 21.6. The van der Waals surface area contributed by atoms with E-state index in [1.165, 1.54) is 0 Å². The van der Waals surface area contributed by atoms with Crippen LogP contribution in [0.15, 0.2) is 76.3 Å². The van der Waals surface area contributed by atoms with Gasteiger partial charge in [-0.05, 0) is 100.0 Å². The third-order valence-corrected chi connectivity index (χ3v) is 12.6. The molecule has 2 atom stereocenters. The molecule has 306 valence electrons. The number of pyridine rings is 1. The first kappa shape index (κ1) is 38.7. The van der Waals surface area contributed by atoms with Crippen molar-refractivity contribution in [1.29, 1.82) is 0 Å². The number of rotatable bonds is 12. The third kappa shape index (κ3) is 7.97. The molecule has 6 heterocycles. The zero-order chi connectivity index (χ0) is 39.9. The van der Waals surface area contributed by atoms with E-state index in [9.17, 15) is 9.59 Å². The van der Waals surface area contributed by atoms with Crippen molar-refractivity contribution in [2.45, 2.75) is 88.3 Å².